The molecule has 17 heteroatoms. The van der Waals surface area contributed by atoms with Crippen molar-refractivity contribution in [2.75, 3.05) is 39.6 Å². The van der Waals surface area contributed by atoms with E-state index in [1.807, 2.05) is 13.8 Å². The Balaban J connectivity index is -0.000000175. The molecule has 0 spiro atoms. The van der Waals surface area contributed by atoms with Gasteiger partial charge < -0.3 is 49.6 Å². The van der Waals surface area contributed by atoms with Crippen LogP contribution < -0.4 is 0 Å². The van der Waals surface area contributed by atoms with E-state index in [9.17, 15) is 39.0 Å². The Kier molecular flexibility index (Phi) is 36.2. The molecule has 252 valence electrons. The van der Waals surface area contributed by atoms with Crippen molar-refractivity contribution in [1.82, 2.24) is 0 Å². The molecule has 0 unspecified atom stereocenters. The molecule has 0 aliphatic carbocycles. The summed E-state index contributed by atoms with van der Waals surface area (Å²) in [4.78, 5) is 66.1. The Morgan fingerprint density at radius 3 is 0.744 bits per heavy atom. The molecule has 0 atom stereocenters. The first-order valence-electron chi connectivity index (χ1n) is 13.3. The molecule has 0 aliphatic rings. The van der Waals surface area contributed by atoms with Crippen molar-refractivity contribution in [2.45, 2.75) is 91.3 Å². The summed E-state index contributed by atoms with van der Waals surface area (Å²) < 4.78 is 18.1. The van der Waals surface area contributed by atoms with Crippen molar-refractivity contribution in [1.29, 1.82) is 0 Å². The van der Waals surface area contributed by atoms with Crippen LogP contribution in [0.25, 0.3) is 0 Å². The molecule has 0 aromatic heterocycles. The molecule has 0 aromatic carbocycles. The third kappa shape index (κ3) is 29.4. The molecule has 0 fully saturated rings. The number of hydrogen-bond acceptors (Lipinski definition) is 14. The average molecular weight is 708 g/mol. The van der Waals surface area contributed by atoms with Crippen LogP contribution in [0.5, 0.6) is 0 Å². The van der Waals surface area contributed by atoms with Gasteiger partial charge in [-0.25, -0.2) is 9.59 Å². The molecule has 0 aliphatic heterocycles. The molecular formula is C26H48O16Zr. The first-order chi connectivity index (χ1) is 19.5. The fourth-order valence-electron chi connectivity index (χ4n) is 2.23. The van der Waals surface area contributed by atoms with Crippen molar-refractivity contribution in [3.05, 3.63) is 0 Å². The fourth-order valence-corrected chi connectivity index (χ4v) is 2.23. The van der Waals surface area contributed by atoms with Crippen LogP contribution in [0.1, 0.15) is 80.1 Å². The van der Waals surface area contributed by atoms with Gasteiger partial charge in [-0.1, -0.05) is 13.8 Å². The molecule has 43 heavy (non-hydrogen) atoms. The zero-order valence-electron chi connectivity index (χ0n) is 25.8. The molecule has 16 nitrogen and oxygen atoms in total. The Morgan fingerprint density at radius 1 is 0.488 bits per heavy atom. The first-order valence-corrected chi connectivity index (χ1v) is 13.3. The van der Waals surface area contributed by atoms with Crippen LogP contribution in [0.2, 0.25) is 0 Å². The minimum absolute atomic E-state index is 0. The van der Waals surface area contributed by atoms with E-state index < -0.39 is 72.7 Å². The number of aliphatic hydroxyl groups excluding tert-OH is 2. The number of carbonyl (C=O) groups is 6. The van der Waals surface area contributed by atoms with Crippen LogP contribution in [0.3, 0.4) is 0 Å². The summed E-state index contributed by atoms with van der Waals surface area (Å²) in [6, 6.07) is 0. The van der Waals surface area contributed by atoms with Gasteiger partial charge in [-0.3, -0.25) is 19.2 Å². The molecule has 0 aromatic rings. The van der Waals surface area contributed by atoms with Gasteiger partial charge in [-0.2, -0.15) is 0 Å². The van der Waals surface area contributed by atoms with Gasteiger partial charge in [0, 0.05) is 39.4 Å². The van der Waals surface area contributed by atoms with Crippen LogP contribution >= 0.6 is 0 Å². The van der Waals surface area contributed by atoms with Crippen LogP contribution in [-0.2, 0) is 73.9 Å². The molecule has 0 saturated carbocycles. The van der Waals surface area contributed by atoms with Gasteiger partial charge in [0.05, 0.1) is 52.1 Å². The van der Waals surface area contributed by atoms with Crippen molar-refractivity contribution in [2.24, 2.45) is 0 Å². The van der Waals surface area contributed by atoms with Crippen molar-refractivity contribution >= 4 is 35.8 Å². The monoisotopic (exact) mass is 706 g/mol. The average Bonchev–Trinajstić information content (AvgIpc) is 2.89. The minimum Gasteiger partial charge on any atom is -0.479 e. The summed E-state index contributed by atoms with van der Waals surface area (Å²) in [5.41, 5.74) is -4.98. The summed E-state index contributed by atoms with van der Waals surface area (Å²) in [5, 5.41) is 52.7. The largest absolute Gasteiger partial charge is 0.479 e. The van der Waals surface area contributed by atoms with Gasteiger partial charge in [0.25, 0.3) is 0 Å². The second kappa shape index (κ2) is 31.0. The fraction of sp³-hybridized carbons (Fsp3) is 0.769. The number of aliphatic hydroxyl groups is 4. The third-order valence-electron chi connectivity index (χ3n) is 4.21. The third-order valence-corrected chi connectivity index (χ3v) is 4.21. The van der Waals surface area contributed by atoms with Crippen molar-refractivity contribution < 1.29 is 105 Å². The van der Waals surface area contributed by atoms with Gasteiger partial charge in [0.1, 0.15) is 0 Å². The number of carbonyl (C=O) groups excluding carboxylic acids is 4. The van der Waals surface area contributed by atoms with E-state index in [1.54, 1.807) is 27.7 Å². The van der Waals surface area contributed by atoms with E-state index in [-0.39, 0.29) is 52.6 Å². The Hall–Kier alpha value is -2.46. The molecule has 0 saturated heterocycles. The smallest absolute Gasteiger partial charge is 0.336 e. The van der Waals surface area contributed by atoms with Gasteiger partial charge in [-0.15, -0.1) is 0 Å². The van der Waals surface area contributed by atoms with E-state index in [1.165, 1.54) is 0 Å². The van der Waals surface area contributed by atoms with Gasteiger partial charge >= 0.3 is 35.8 Å². The van der Waals surface area contributed by atoms with E-state index in [0.29, 0.717) is 13.2 Å². The number of rotatable bonds is 16. The molecule has 0 bridgehead atoms. The number of carboxylic acid groups (broad SMARTS) is 2. The van der Waals surface area contributed by atoms with Crippen LogP contribution in [0.4, 0.5) is 0 Å². The van der Waals surface area contributed by atoms with Crippen LogP contribution in [0, 0.1) is 0 Å². The summed E-state index contributed by atoms with van der Waals surface area (Å²) in [6.45, 7) is 10.9. The zero-order valence-corrected chi connectivity index (χ0v) is 28.2. The number of aliphatic carboxylic acids is 2. The Bertz CT molecular complexity index is 679. The molecule has 6 N–H and O–H groups in total. The topological polar surface area (TPSA) is 261 Å². The second-order valence-electron chi connectivity index (χ2n) is 8.05. The molecule has 0 heterocycles. The summed E-state index contributed by atoms with van der Waals surface area (Å²) in [6.07, 6.45) is -1.44. The normalized spacial score (nSPS) is 9.91. The van der Waals surface area contributed by atoms with Crippen LogP contribution in [-0.4, -0.2) is 117 Å². The summed E-state index contributed by atoms with van der Waals surface area (Å²) >= 11 is 0. The number of hydrogen-bond donors (Lipinski definition) is 6. The molecule has 0 rings (SSSR count). The molecular weight excluding hydrogens is 659 g/mol. The van der Waals surface area contributed by atoms with Crippen molar-refractivity contribution in [3.63, 3.8) is 0 Å². The van der Waals surface area contributed by atoms with E-state index in [4.69, 9.17) is 20.4 Å². The standard InChI is InChI=1S/2C10H16O7.2C3H8O.Zr/c2*1-3-16-7(11)5-10(15,9(13)14)6-8(12)17-4-2;2*1-2-3-4;/h2*15H,3-6H2,1-2H3,(H,13,14);2*4H,2-3H2,1H3;. The summed E-state index contributed by atoms with van der Waals surface area (Å²) in [5.74, 6) is -6.89. The van der Waals surface area contributed by atoms with E-state index in [2.05, 4.69) is 18.9 Å². The Labute approximate surface area is 270 Å². The maximum absolute atomic E-state index is 11.1. The second-order valence-corrected chi connectivity index (χ2v) is 8.05. The van der Waals surface area contributed by atoms with Gasteiger partial charge in [-0.05, 0) is 40.5 Å². The number of esters is 4. The summed E-state index contributed by atoms with van der Waals surface area (Å²) in [7, 11) is 0. The maximum Gasteiger partial charge on any atom is 0.336 e. The van der Waals surface area contributed by atoms with Gasteiger partial charge in [0.15, 0.2) is 11.2 Å². The number of carboxylic acids is 2. The molecule has 0 radical (unpaired) electrons. The van der Waals surface area contributed by atoms with Crippen molar-refractivity contribution in [3.8, 4) is 0 Å². The van der Waals surface area contributed by atoms with E-state index >= 15 is 0 Å². The minimum atomic E-state index is -2.49. The molecule has 0 amide bonds. The van der Waals surface area contributed by atoms with E-state index in [0.717, 1.165) is 12.8 Å². The predicted octanol–water partition coefficient (Wildman–Crippen LogP) is 0.192. The first kappa shape index (κ1) is 50.2. The Morgan fingerprint density at radius 2 is 0.651 bits per heavy atom. The SMILES string of the molecule is CCCO.CCCO.CCOC(=O)CC(O)(CC(=O)OCC)C(=O)O.CCOC(=O)CC(O)(CC(=O)OCC)C(=O)O.[Zr]. The van der Waals surface area contributed by atoms with Gasteiger partial charge in [0.2, 0.25) is 0 Å². The van der Waals surface area contributed by atoms with Crippen LogP contribution in [0.15, 0.2) is 0 Å². The number of ether oxygens (including phenoxy) is 4. The predicted molar refractivity (Wildman–Crippen MR) is 145 cm³/mol. The zero-order chi connectivity index (χ0) is 33.8. The maximum atomic E-state index is 11.1. The quantitative estimate of drug-likeness (QED) is 0.0924.